The number of carbonyl (C=O) groups is 1. The molecule has 9 heteroatoms. The number of ether oxygens (including phenoxy) is 1. The Hall–Kier alpha value is -2.57. The van der Waals surface area contributed by atoms with E-state index < -0.39 is 5.91 Å². The lowest BCUT2D eigenvalue weighted by Gasteiger charge is -2.04. The molecule has 0 aliphatic heterocycles. The fraction of sp³-hybridized carbons (Fsp3) is 0.143. The summed E-state index contributed by atoms with van der Waals surface area (Å²) in [5.41, 5.74) is 0.451. The van der Waals surface area contributed by atoms with Crippen molar-refractivity contribution in [3.8, 4) is 17.6 Å². The van der Waals surface area contributed by atoms with Crippen LogP contribution in [0.5, 0.6) is 11.5 Å². The van der Waals surface area contributed by atoms with Crippen molar-refractivity contribution in [1.29, 1.82) is 5.26 Å². The van der Waals surface area contributed by atoms with Gasteiger partial charge in [-0.2, -0.15) is 14.6 Å². The Bertz CT molecular complexity index is 796. The SMILES string of the molecule is COc1cc(/C=C(/C#N)C(=O)Nc2nc(SC)ns2)ccc1O. The zero-order valence-corrected chi connectivity index (χ0v) is 13.9. The Morgan fingerprint density at radius 3 is 2.96 bits per heavy atom. The maximum Gasteiger partial charge on any atom is 0.268 e. The topological polar surface area (TPSA) is 108 Å². The second-order valence-corrected chi connectivity index (χ2v) is 5.67. The average Bonchev–Trinajstić information content (AvgIpc) is 3.01. The number of benzene rings is 1. The van der Waals surface area contributed by atoms with Gasteiger partial charge in [0.1, 0.15) is 11.6 Å². The molecule has 2 N–H and O–H groups in total. The summed E-state index contributed by atoms with van der Waals surface area (Å²) in [6, 6.07) is 6.36. The fourth-order valence-electron chi connectivity index (χ4n) is 1.61. The molecule has 23 heavy (non-hydrogen) atoms. The first-order valence-electron chi connectivity index (χ1n) is 6.25. The summed E-state index contributed by atoms with van der Waals surface area (Å²) in [6.07, 6.45) is 3.22. The molecule has 0 fully saturated rings. The van der Waals surface area contributed by atoms with E-state index in [1.165, 1.54) is 37.1 Å². The molecule has 1 amide bonds. The summed E-state index contributed by atoms with van der Waals surface area (Å²) >= 11 is 2.40. The number of hydrogen-bond acceptors (Lipinski definition) is 8. The van der Waals surface area contributed by atoms with Gasteiger partial charge in [-0.25, -0.2) is 0 Å². The molecule has 0 saturated heterocycles. The molecule has 0 spiro atoms. The van der Waals surface area contributed by atoms with Gasteiger partial charge < -0.3 is 9.84 Å². The number of methoxy groups -OCH3 is 1. The number of nitriles is 1. The summed E-state index contributed by atoms with van der Waals surface area (Å²) < 4.78 is 9.01. The van der Waals surface area contributed by atoms with E-state index in [2.05, 4.69) is 14.7 Å². The first-order chi connectivity index (χ1) is 11.1. The smallest absolute Gasteiger partial charge is 0.268 e. The van der Waals surface area contributed by atoms with Crippen molar-refractivity contribution < 1.29 is 14.6 Å². The van der Waals surface area contributed by atoms with E-state index in [0.29, 0.717) is 15.9 Å². The molecule has 0 radical (unpaired) electrons. The van der Waals surface area contributed by atoms with Crippen molar-refractivity contribution in [2.24, 2.45) is 0 Å². The largest absolute Gasteiger partial charge is 0.504 e. The number of hydrogen-bond donors (Lipinski definition) is 2. The normalized spacial score (nSPS) is 10.9. The van der Waals surface area contributed by atoms with Gasteiger partial charge in [0.2, 0.25) is 10.3 Å². The van der Waals surface area contributed by atoms with Crippen LogP contribution in [-0.2, 0) is 4.79 Å². The number of carbonyl (C=O) groups excluding carboxylic acids is 1. The van der Waals surface area contributed by atoms with E-state index in [1.54, 1.807) is 6.07 Å². The van der Waals surface area contributed by atoms with Crippen molar-refractivity contribution in [3.05, 3.63) is 29.3 Å². The van der Waals surface area contributed by atoms with Crippen LogP contribution in [0.15, 0.2) is 28.9 Å². The first kappa shape index (κ1) is 16.8. The maximum absolute atomic E-state index is 12.1. The van der Waals surface area contributed by atoms with Gasteiger partial charge in [-0.3, -0.25) is 10.1 Å². The first-order valence-corrected chi connectivity index (χ1v) is 8.25. The summed E-state index contributed by atoms with van der Waals surface area (Å²) in [5, 5.41) is 22.1. The number of aromatic nitrogens is 2. The Balaban J connectivity index is 2.21. The molecular formula is C14H12N4O3S2. The lowest BCUT2D eigenvalue weighted by molar-refractivity contribution is -0.112. The van der Waals surface area contributed by atoms with Crippen LogP contribution in [0.2, 0.25) is 0 Å². The fourth-order valence-corrected chi connectivity index (χ4v) is 2.73. The van der Waals surface area contributed by atoms with Crippen LogP contribution in [-0.4, -0.2) is 33.7 Å². The van der Waals surface area contributed by atoms with Gasteiger partial charge in [0.25, 0.3) is 5.91 Å². The predicted molar refractivity (Wildman–Crippen MR) is 88.6 cm³/mol. The molecule has 1 aromatic carbocycles. The number of rotatable bonds is 5. The van der Waals surface area contributed by atoms with Crippen LogP contribution >= 0.6 is 23.3 Å². The van der Waals surface area contributed by atoms with Gasteiger partial charge in [0, 0.05) is 11.5 Å². The number of phenolic OH excluding ortho intramolecular Hbond substituents is 1. The average molecular weight is 348 g/mol. The number of nitrogens with zero attached hydrogens (tertiary/aromatic N) is 3. The summed E-state index contributed by atoms with van der Waals surface area (Å²) in [4.78, 5) is 16.2. The number of anilines is 1. The molecule has 1 aromatic heterocycles. The third-order valence-corrected chi connectivity index (χ3v) is 3.98. The highest BCUT2D eigenvalue weighted by atomic mass is 32.2. The molecule has 0 atom stereocenters. The third kappa shape index (κ3) is 4.21. The number of phenols is 1. The standard InChI is InChI=1S/C14H12N4O3S2/c1-21-11-6-8(3-4-10(11)19)5-9(7-15)12(20)16-13-17-14(22-2)18-23-13/h3-6,19H,1-2H3,(H,16,17,18,20)/b9-5-. The zero-order chi connectivity index (χ0) is 16.8. The summed E-state index contributed by atoms with van der Waals surface area (Å²) in [6.45, 7) is 0. The van der Waals surface area contributed by atoms with E-state index >= 15 is 0 Å². The lowest BCUT2D eigenvalue weighted by Crippen LogP contribution is -2.13. The van der Waals surface area contributed by atoms with Gasteiger partial charge >= 0.3 is 0 Å². The van der Waals surface area contributed by atoms with Crippen molar-refractivity contribution in [2.45, 2.75) is 5.16 Å². The highest BCUT2D eigenvalue weighted by molar-refractivity contribution is 7.98. The second-order valence-electron chi connectivity index (χ2n) is 4.14. The van der Waals surface area contributed by atoms with Gasteiger partial charge in [-0.05, 0) is 30.0 Å². The van der Waals surface area contributed by atoms with Crippen LogP contribution in [0.4, 0.5) is 5.13 Å². The van der Waals surface area contributed by atoms with Gasteiger partial charge in [-0.1, -0.05) is 17.8 Å². The van der Waals surface area contributed by atoms with Gasteiger partial charge in [0.05, 0.1) is 7.11 Å². The number of nitrogens with one attached hydrogen (secondary N) is 1. The van der Waals surface area contributed by atoms with Gasteiger partial charge in [0.15, 0.2) is 11.5 Å². The molecule has 7 nitrogen and oxygen atoms in total. The monoisotopic (exact) mass is 348 g/mol. The van der Waals surface area contributed by atoms with E-state index in [4.69, 9.17) is 4.74 Å². The third-order valence-electron chi connectivity index (χ3n) is 2.69. The molecule has 1 heterocycles. The van der Waals surface area contributed by atoms with E-state index in [-0.39, 0.29) is 17.1 Å². The maximum atomic E-state index is 12.1. The highest BCUT2D eigenvalue weighted by Gasteiger charge is 2.13. The molecule has 2 rings (SSSR count). The molecule has 0 bridgehead atoms. The molecule has 0 aliphatic carbocycles. The molecule has 0 aliphatic rings. The van der Waals surface area contributed by atoms with Crippen LogP contribution in [0.25, 0.3) is 6.08 Å². The number of amides is 1. The Morgan fingerprint density at radius 2 is 2.35 bits per heavy atom. The minimum Gasteiger partial charge on any atom is -0.504 e. The van der Waals surface area contributed by atoms with Crippen molar-refractivity contribution in [1.82, 2.24) is 9.36 Å². The summed E-state index contributed by atoms with van der Waals surface area (Å²) in [5.74, 6) is -0.348. The van der Waals surface area contributed by atoms with Gasteiger partial charge in [-0.15, -0.1) is 0 Å². The highest BCUT2D eigenvalue weighted by Crippen LogP contribution is 2.27. The molecule has 2 aromatic rings. The van der Waals surface area contributed by atoms with Crippen LogP contribution in [0, 0.1) is 11.3 Å². The molecule has 0 saturated carbocycles. The molecule has 118 valence electrons. The quantitative estimate of drug-likeness (QED) is 0.485. The van der Waals surface area contributed by atoms with Crippen molar-refractivity contribution in [3.63, 3.8) is 0 Å². The number of thioether (sulfide) groups is 1. The zero-order valence-electron chi connectivity index (χ0n) is 12.2. The minimum absolute atomic E-state index is 0.0222. The molecular weight excluding hydrogens is 336 g/mol. The second kappa shape index (κ2) is 7.62. The number of aromatic hydroxyl groups is 1. The van der Waals surface area contributed by atoms with E-state index in [1.807, 2.05) is 12.3 Å². The van der Waals surface area contributed by atoms with Crippen molar-refractivity contribution >= 4 is 40.4 Å². The van der Waals surface area contributed by atoms with Crippen LogP contribution < -0.4 is 10.1 Å². The van der Waals surface area contributed by atoms with E-state index in [0.717, 1.165) is 11.5 Å². The summed E-state index contributed by atoms with van der Waals surface area (Å²) in [7, 11) is 1.42. The predicted octanol–water partition coefficient (Wildman–Crippen LogP) is 2.52. The Morgan fingerprint density at radius 1 is 1.57 bits per heavy atom. The van der Waals surface area contributed by atoms with E-state index in [9.17, 15) is 15.2 Å². The molecule has 0 unspecified atom stereocenters. The van der Waals surface area contributed by atoms with Crippen molar-refractivity contribution in [2.75, 3.05) is 18.7 Å². The Labute approximate surface area is 140 Å². The van der Waals surface area contributed by atoms with Crippen LogP contribution in [0.3, 0.4) is 0 Å². The van der Waals surface area contributed by atoms with Crippen LogP contribution in [0.1, 0.15) is 5.56 Å². The lowest BCUT2D eigenvalue weighted by atomic mass is 10.1. The Kier molecular flexibility index (Phi) is 5.56. The minimum atomic E-state index is -0.580.